The van der Waals surface area contributed by atoms with Crippen LogP contribution in [0.2, 0.25) is 0 Å². The summed E-state index contributed by atoms with van der Waals surface area (Å²) in [4.78, 5) is 16.3. The summed E-state index contributed by atoms with van der Waals surface area (Å²) >= 11 is 0. The fourth-order valence-corrected chi connectivity index (χ4v) is 3.93. The molecule has 0 atom stereocenters. The Morgan fingerprint density at radius 1 is 1.19 bits per heavy atom. The Hall–Kier alpha value is -2.45. The van der Waals surface area contributed by atoms with Gasteiger partial charge in [0.05, 0.1) is 17.1 Å². The number of benzene rings is 1. The van der Waals surface area contributed by atoms with Gasteiger partial charge in [0.25, 0.3) is 0 Å². The van der Waals surface area contributed by atoms with Gasteiger partial charge in [-0.2, -0.15) is 4.31 Å². The highest BCUT2D eigenvalue weighted by Crippen LogP contribution is 2.16. The summed E-state index contributed by atoms with van der Waals surface area (Å²) in [5, 5.41) is 2.69. The van der Waals surface area contributed by atoms with E-state index in [0.29, 0.717) is 19.0 Å². The van der Waals surface area contributed by atoms with Crippen LogP contribution in [0.1, 0.15) is 36.8 Å². The number of rotatable bonds is 8. The first-order valence-corrected chi connectivity index (χ1v) is 10.2. The van der Waals surface area contributed by atoms with Crippen molar-refractivity contribution in [3.8, 4) is 0 Å². The average Bonchev–Trinajstić information content (AvgIpc) is 2.97. The molecule has 8 heteroatoms. The van der Waals surface area contributed by atoms with Crippen molar-refractivity contribution in [3.05, 3.63) is 53.2 Å². The number of hydrogen-bond donors (Lipinski definition) is 1. The molecule has 146 valence electrons. The lowest BCUT2D eigenvalue weighted by molar-refractivity contribution is -0.116. The number of carbonyl (C=O) groups is 1. The lowest BCUT2D eigenvalue weighted by Gasteiger charge is -2.18. The fourth-order valence-electron chi connectivity index (χ4n) is 2.47. The Bertz CT molecular complexity index is 891. The molecule has 0 aliphatic carbocycles. The molecular formula is C19H25N3O4S. The Balaban J connectivity index is 1.98. The minimum Gasteiger partial charge on any atom is -0.444 e. The van der Waals surface area contributed by atoms with Gasteiger partial charge in [0, 0.05) is 19.2 Å². The second kappa shape index (κ2) is 8.96. The maximum absolute atomic E-state index is 12.4. The highest BCUT2D eigenvalue weighted by molar-refractivity contribution is 7.89. The number of nitrogens with zero attached hydrogens (tertiary/aromatic N) is 2. The van der Waals surface area contributed by atoms with Crippen LogP contribution in [0.3, 0.4) is 0 Å². The molecule has 1 N–H and O–H groups in total. The monoisotopic (exact) mass is 391 g/mol. The maximum atomic E-state index is 12.4. The first-order chi connectivity index (χ1) is 12.8. The molecule has 0 spiro atoms. The smallest absolute Gasteiger partial charge is 0.244 e. The van der Waals surface area contributed by atoms with Gasteiger partial charge in [0.2, 0.25) is 21.8 Å². The number of carbonyl (C=O) groups excluding carboxylic acids is 1. The first kappa shape index (κ1) is 20.9. The van der Waals surface area contributed by atoms with Gasteiger partial charge < -0.3 is 9.73 Å². The van der Waals surface area contributed by atoms with Crippen LogP contribution in [0.15, 0.2) is 39.7 Å². The molecular weight excluding hydrogens is 366 g/mol. The normalized spacial score (nSPS) is 12.0. The number of sulfonamides is 1. The van der Waals surface area contributed by atoms with Crippen molar-refractivity contribution in [1.29, 1.82) is 0 Å². The SMILES string of the molecule is CCN(CC)S(=O)(=O)c1ccc(C=CC(=O)NCc2nc(C)c(C)o2)cc1. The van der Waals surface area contributed by atoms with Gasteiger partial charge in [-0.3, -0.25) is 4.79 Å². The van der Waals surface area contributed by atoms with Crippen LogP contribution in [0.25, 0.3) is 6.08 Å². The molecule has 7 nitrogen and oxygen atoms in total. The van der Waals surface area contributed by atoms with E-state index in [1.807, 2.05) is 13.8 Å². The van der Waals surface area contributed by atoms with Crippen LogP contribution >= 0.6 is 0 Å². The van der Waals surface area contributed by atoms with E-state index in [2.05, 4.69) is 10.3 Å². The average molecular weight is 391 g/mol. The van der Waals surface area contributed by atoms with Crippen LogP contribution in [-0.4, -0.2) is 36.7 Å². The second-order valence-electron chi connectivity index (χ2n) is 5.96. The summed E-state index contributed by atoms with van der Waals surface area (Å²) in [6.45, 7) is 8.31. The van der Waals surface area contributed by atoms with Crippen molar-refractivity contribution in [1.82, 2.24) is 14.6 Å². The summed E-state index contributed by atoms with van der Waals surface area (Å²) in [5.74, 6) is 0.899. The van der Waals surface area contributed by atoms with E-state index in [4.69, 9.17) is 4.42 Å². The predicted molar refractivity (Wildman–Crippen MR) is 103 cm³/mol. The molecule has 0 saturated heterocycles. The van der Waals surface area contributed by atoms with Crippen molar-refractivity contribution in [2.24, 2.45) is 0 Å². The van der Waals surface area contributed by atoms with E-state index in [0.717, 1.165) is 17.0 Å². The number of aryl methyl sites for hydroxylation is 2. The van der Waals surface area contributed by atoms with Crippen molar-refractivity contribution >= 4 is 22.0 Å². The fraction of sp³-hybridized carbons (Fsp3) is 0.368. The molecule has 0 fully saturated rings. The number of nitrogens with one attached hydrogen (secondary N) is 1. The molecule has 27 heavy (non-hydrogen) atoms. The summed E-state index contributed by atoms with van der Waals surface area (Å²) in [6, 6.07) is 6.43. The highest BCUT2D eigenvalue weighted by Gasteiger charge is 2.20. The quantitative estimate of drug-likeness (QED) is 0.699. The lowest BCUT2D eigenvalue weighted by Crippen LogP contribution is -2.30. The van der Waals surface area contributed by atoms with Crippen LogP contribution in [0.5, 0.6) is 0 Å². The van der Waals surface area contributed by atoms with Gasteiger partial charge in [-0.05, 0) is 37.6 Å². The molecule has 0 unspecified atom stereocenters. The summed E-state index contributed by atoms with van der Waals surface area (Å²) in [6.07, 6.45) is 3.01. The zero-order chi connectivity index (χ0) is 20.0. The number of hydrogen-bond acceptors (Lipinski definition) is 5. The van der Waals surface area contributed by atoms with E-state index in [1.54, 1.807) is 44.2 Å². The predicted octanol–water partition coefficient (Wildman–Crippen LogP) is 2.65. The summed E-state index contributed by atoms with van der Waals surface area (Å²) < 4.78 is 31.7. The molecule has 0 bridgehead atoms. The molecule has 0 radical (unpaired) electrons. The van der Waals surface area contributed by atoms with Crippen LogP contribution < -0.4 is 5.32 Å². The van der Waals surface area contributed by atoms with E-state index in [-0.39, 0.29) is 17.3 Å². The van der Waals surface area contributed by atoms with E-state index >= 15 is 0 Å². The molecule has 2 aromatic rings. The van der Waals surface area contributed by atoms with Gasteiger partial charge in [-0.25, -0.2) is 13.4 Å². The zero-order valence-electron chi connectivity index (χ0n) is 16.0. The van der Waals surface area contributed by atoms with Crippen LogP contribution in [0.4, 0.5) is 0 Å². The molecule has 2 rings (SSSR count). The molecule has 1 heterocycles. The third kappa shape index (κ3) is 5.27. The number of oxazole rings is 1. The first-order valence-electron chi connectivity index (χ1n) is 8.77. The van der Waals surface area contributed by atoms with E-state index in [1.165, 1.54) is 10.4 Å². The highest BCUT2D eigenvalue weighted by atomic mass is 32.2. The number of amides is 1. The molecule has 0 aliphatic heterocycles. The standard InChI is InChI=1S/C19H25N3O4S/c1-5-22(6-2)27(24,25)17-10-7-16(8-11-17)9-12-18(23)20-13-19-21-14(3)15(4)26-19/h7-12H,5-6,13H2,1-4H3,(H,20,23). The topological polar surface area (TPSA) is 92.5 Å². The van der Waals surface area contributed by atoms with Crippen LogP contribution in [0, 0.1) is 13.8 Å². The minimum atomic E-state index is -3.48. The van der Waals surface area contributed by atoms with Crippen molar-refractivity contribution in [2.75, 3.05) is 13.1 Å². The Morgan fingerprint density at radius 3 is 2.33 bits per heavy atom. The maximum Gasteiger partial charge on any atom is 0.244 e. The molecule has 1 aromatic carbocycles. The lowest BCUT2D eigenvalue weighted by atomic mass is 10.2. The Morgan fingerprint density at radius 2 is 1.81 bits per heavy atom. The second-order valence-corrected chi connectivity index (χ2v) is 7.90. The molecule has 0 aliphatic rings. The minimum absolute atomic E-state index is 0.207. The Labute approximate surface area is 160 Å². The van der Waals surface area contributed by atoms with Gasteiger partial charge in [0.1, 0.15) is 5.76 Å². The Kier molecular flexibility index (Phi) is 6.92. The van der Waals surface area contributed by atoms with Gasteiger partial charge >= 0.3 is 0 Å². The van der Waals surface area contributed by atoms with Crippen LogP contribution in [-0.2, 0) is 21.4 Å². The van der Waals surface area contributed by atoms with Gasteiger partial charge in [-0.1, -0.05) is 26.0 Å². The summed E-state index contributed by atoms with van der Waals surface area (Å²) in [5.41, 5.74) is 1.53. The van der Waals surface area contributed by atoms with Crippen molar-refractivity contribution < 1.29 is 17.6 Å². The van der Waals surface area contributed by atoms with Crippen molar-refractivity contribution in [2.45, 2.75) is 39.1 Å². The third-order valence-electron chi connectivity index (χ3n) is 4.14. The van der Waals surface area contributed by atoms with E-state index < -0.39 is 10.0 Å². The molecule has 1 amide bonds. The summed E-state index contributed by atoms with van der Waals surface area (Å²) in [7, 11) is -3.48. The van der Waals surface area contributed by atoms with Crippen molar-refractivity contribution in [3.63, 3.8) is 0 Å². The van der Waals surface area contributed by atoms with E-state index in [9.17, 15) is 13.2 Å². The van der Waals surface area contributed by atoms with Gasteiger partial charge in [0.15, 0.2) is 0 Å². The molecule has 0 saturated carbocycles. The largest absolute Gasteiger partial charge is 0.444 e. The molecule has 1 aromatic heterocycles. The third-order valence-corrected chi connectivity index (χ3v) is 6.20. The van der Waals surface area contributed by atoms with Gasteiger partial charge in [-0.15, -0.1) is 0 Å². The number of aromatic nitrogens is 1. The zero-order valence-corrected chi connectivity index (χ0v) is 16.8.